The van der Waals surface area contributed by atoms with Gasteiger partial charge in [-0.05, 0) is 42.1 Å². The number of rotatable bonds is 2. The Morgan fingerprint density at radius 2 is 1.70 bits per heavy atom. The first-order chi connectivity index (χ1) is 11.1. The van der Waals surface area contributed by atoms with E-state index in [2.05, 4.69) is 0 Å². The SMILES string of the molecule is Cc1ccsc1C(=O)N1CCN(C(=O)c2cccc(Cl)c2)CC1. The van der Waals surface area contributed by atoms with E-state index in [1.807, 2.05) is 23.3 Å². The standard InChI is InChI=1S/C17H17ClN2O2S/c1-12-5-10-23-15(12)17(22)20-8-6-19(7-9-20)16(21)13-3-2-4-14(18)11-13/h2-5,10-11H,6-9H2,1H3. The number of amides is 2. The lowest BCUT2D eigenvalue weighted by Crippen LogP contribution is -2.50. The van der Waals surface area contributed by atoms with Crippen LogP contribution in [0.25, 0.3) is 0 Å². The molecular formula is C17H17ClN2O2S. The number of carbonyl (C=O) groups excluding carboxylic acids is 2. The summed E-state index contributed by atoms with van der Waals surface area (Å²) in [4.78, 5) is 29.4. The van der Waals surface area contributed by atoms with E-state index < -0.39 is 0 Å². The molecule has 0 unspecified atom stereocenters. The molecule has 23 heavy (non-hydrogen) atoms. The van der Waals surface area contributed by atoms with E-state index in [1.54, 1.807) is 29.2 Å². The lowest BCUT2D eigenvalue weighted by Gasteiger charge is -2.34. The van der Waals surface area contributed by atoms with Crippen LogP contribution in [0.3, 0.4) is 0 Å². The average molecular weight is 349 g/mol. The highest BCUT2D eigenvalue weighted by atomic mass is 35.5. The Kier molecular flexibility index (Phi) is 4.68. The summed E-state index contributed by atoms with van der Waals surface area (Å²) in [6.07, 6.45) is 0. The van der Waals surface area contributed by atoms with Gasteiger partial charge in [-0.3, -0.25) is 9.59 Å². The molecule has 0 bridgehead atoms. The quantitative estimate of drug-likeness (QED) is 0.835. The molecular weight excluding hydrogens is 332 g/mol. The van der Waals surface area contributed by atoms with Crippen LogP contribution in [0.2, 0.25) is 5.02 Å². The fourth-order valence-corrected chi connectivity index (χ4v) is 3.73. The third-order valence-corrected chi connectivity index (χ3v) is 5.22. The topological polar surface area (TPSA) is 40.6 Å². The minimum atomic E-state index is -0.0353. The number of thiophene rings is 1. The third kappa shape index (κ3) is 3.41. The lowest BCUT2D eigenvalue weighted by molar-refractivity contribution is 0.0537. The first-order valence-corrected chi connectivity index (χ1v) is 8.70. The normalized spacial score (nSPS) is 14.9. The van der Waals surface area contributed by atoms with Crippen molar-refractivity contribution >= 4 is 34.8 Å². The third-order valence-electron chi connectivity index (χ3n) is 3.98. The number of piperazine rings is 1. The molecule has 0 saturated carbocycles. The molecule has 3 rings (SSSR count). The van der Waals surface area contributed by atoms with Gasteiger partial charge >= 0.3 is 0 Å². The highest BCUT2D eigenvalue weighted by molar-refractivity contribution is 7.12. The molecule has 1 aromatic heterocycles. The predicted molar refractivity (Wildman–Crippen MR) is 92.3 cm³/mol. The zero-order valence-electron chi connectivity index (χ0n) is 12.8. The maximum absolute atomic E-state index is 12.5. The molecule has 2 amide bonds. The highest BCUT2D eigenvalue weighted by Crippen LogP contribution is 2.20. The largest absolute Gasteiger partial charge is 0.335 e. The van der Waals surface area contributed by atoms with Crippen LogP contribution in [0.4, 0.5) is 0 Å². The monoisotopic (exact) mass is 348 g/mol. The summed E-state index contributed by atoms with van der Waals surface area (Å²) < 4.78 is 0. The number of benzene rings is 1. The second-order valence-corrected chi connectivity index (χ2v) is 6.88. The van der Waals surface area contributed by atoms with Crippen molar-refractivity contribution in [3.8, 4) is 0 Å². The van der Waals surface area contributed by atoms with Crippen LogP contribution in [-0.2, 0) is 0 Å². The molecule has 1 aliphatic heterocycles. The Bertz CT molecular complexity index is 736. The minimum Gasteiger partial charge on any atom is -0.335 e. The van der Waals surface area contributed by atoms with Crippen molar-refractivity contribution in [2.45, 2.75) is 6.92 Å². The van der Waals surface area contributed by atoms with Crippen molar-refractivity contribution in [3.63, 3.8) is 0 Å². The zero-order chi connectivity index (χ0) is 16.4. The molecule has 0 N–H and O–H groups in total. The molecule has 1 fully saturated rings. The van der Waals surface area contributed by atoms with Crippen molar-refractivity contribution in [2.75, 3.05) is 26.2 Å². The van der Waals surface area contributed by atoms with Crippen LogP contribution in [-0.4, -0.2) is 47.8 Å². The van der Waals surface area contributed by atoms with Crippen LogP contribution in [0.1, 0.15) is 25.6 Å². The van der Waals surface area contributed by atoms with Crippen LogP contribution >= 0.6 is 22.9 Å². The summed E-state index contributed by atoms with van der Waals surface area (Å²) in [5.41, 5.74) is 1.60. The van der Waals surface area contributed by atoms with Gasteiger partial charge in [0.15, 0.2) is 0 Å². The van der Waals surface area contributed by atoms with Crippen molar-refractivity contribution in [2.24, 2.45) is 0 Å². The zero-order valence-corrected chi connectivity index (χ0v) is 14.4. The molecule has 1 aromatic carbocycles. The average Bonchev–Trinajstić information content (AvgIpc) is 3.00. The van der Waals surface area contributed by atoms with Gasteiger partial charge in [-0.1, -0.05) is 17.7 Å². The predicted octanol–water partition coefficient (Wildman–Crippen LogP) is 3.31. The van der Waals surface area contributed by atoms with E-state index in [-0.39, 0.29) is 11.8 Å². The Balaban J connectivity index is 1.63. The van der Waals surface area contributed by atoms with Crippen LogP contribution in [0, 0.1) is 6.92 Å². The van der Waals surface area contributed by atoms with Crippen LogP contribution in [0.5, 0.6) is 0 Å². The van der Waals surface area contributed by atoms with Crippen molar-refractivity contribution in [1.29, 1.82) is 0 Å². The highest BCUT2D eigenvalue weighted by Gasteiger charge is 2.26. The van der Waals surface area contributed by atoms with E-state index in [9.17, 15) is 9.59 Å². The number of aryl methyl sites for hydroxylation is 1. The van der Waals surface area contributed by atoms with Gasteiger partial charge < -0.3 is 9.80 Å². The second-order valence-electron chi connectivity index (χ2n) is 5.53. The molecule has 120 valence electrons. The fourth-order valence-electron chi connectivity index (χ4n) is 2.65. The van der Waals surface area contributed by atoms with Gasteiger partial charge in [0.05, 0.1) is 4.88 Å². The summed E-state index contributed by atoms with van der Waals surface area (Å²) >= 11 is 7.41. The number of carbonyl (C=O) groups is 2. The number of nitrogens with zero attached hydrogens (tertiary/aromatic N) is 2. The van der Waals surface area contributed by atoms with E-state index >= 15 is 0 Å². The van der Waals surface area contributed by atoms with Crippen molar-refractivity contribution in [1.82, 2.24) is 9.80 Å². The van der Waals surface area contributed by atoms with Gasteiger partial charge in [0, 0.05) is 36.8 Å². The van der Waals surface area contributed by atoms with Crippen molar-refractivity contribution < 1.29 is 9.59 Å². The van der Waals surface area contributed by atoms with Gasteiger partial charge in [-0.25, -0.2) is 0 Å². The molecule has 0 atom stereocenters. The number of hydrogen-bond acceptors (Lipinski definition) is 3. The van der Waals surface area contributed by atoms with Crippen LogP contribution in [0.15, 0.2) is 35.7 Å². The first kappa shape index (κ1) is 16.0. The molecule has 2 heterocycles. The van der Waals surface area contributed by atoms with Gasteiger partial charge in [-0.15, -0.1) is 11.3 Å². The van der Waals surface area contributed by atoms with Gasteiger partial charge in [0.1, 0.15) is 0 Å². The van der Waals surface area contributed by atoms with Crippen molar-refractivity contribution in [3.05, 3.63) is 56.7 Å². The Morgan fingerprint density at radius 3 is 2.26 bits per heavy atom. The molecule has 1 saturated heterocycles. The maximum Gasteiger partial charge on any atom is 0.264 e. The van der Waals surface area contributed by atoms with E-state index in [0.29, 0.717) is 36.8 Å². The summed E-state index contributed by atoms with van der Waals surface area (Å²) in [7, 11) is 0. The molecule has 4 nitrogen and oxygen atoms in total. The number of halogens is 1. The lowest BCUT2D eigenvalue weighted by atomic mass is 10.1. The Labute approximate surface area is 144 Å². The minimum absolute atomic E-state index is 0.0353. The molecule has 1 aliphatic rings. The molecule has 0 aliphatic carbocycles. The maximum atomic E-state index is 12.5. The summed E-state index contributed by atoms with van der Waals surface area (Å²) in [6.45, 7) is 4.15. The first-order valence-electron chi connectivity index (χ1n) is 7.44. The van der Waals surface area contributed by atoms with Crippen LogP contribution < -0.4 is 0 Å². The Hall–Kier alpha value is -1.85. The Morgan fingerprint density at radius 1 is 1.04 bits per heavy atom. The van der Waals surface area contributed by atoms with E-state index in [0.717, 1.165) is 10.4 Å². The molecule has 0 radical (unpaired) electrons. The van der Waals surface area contributed by atoms with E-state index in [4.69, 9.17) is 11.6 Å². The molecule has 0 spiro atoms. The fraction of sp³-hybridized carbons (Fsp3) is 0.294. The summed E-state index contributed by atoms with van der Waals surface area (Å²) in [5, 5.41) is 2.49. The second kappa shape index (κ2) is 6.72. The summed E-state index contributed by atoms with van der Waals surface area (Å²) in [5.74, 6) is 0.0271. The number of hydrogen-bond donors (Lipinski definition) is 0. The van der Waals surface area contributed by atoms with E-state index in [1.165, 1.54) is 11.3 Å². The molecule has 2 aromatic rings. The summed E-state index contributed by atoms with van der Waals surface area (Å²) in [6, 6.07) is 8.92. The van der Waals surface area contributed by atoms with Gasteiger partial charge in [-0.2, -0.15) is 0 Å². The smallest absolute Gasteiger partial charge is 0.264 e. The van der Waals surface area contributed by atoms with Gasteiger partial charge in [0.25, 0.3) is 11.8 Å². The van der Waals surface area contributed by atoms with Gasteiger partial charge in [0.2, 0.25) is 0 Å². The molecule has 6 heteroatoms.